The van der Waals surface area contributed by atoms with Crippen LogP contribution < -0.4 is 15.4 Å². The van der Waals surface area contributed by atoms with Crippen LogP contribution >= 0.6 is 0 Å². The molecule has 1 aromatic carbocycles. The Morgan fingerprint density at radius 1 is 1.38 bits per heavy atom. The number of benzene rings is 1. The smallest absolute Gasteiger partial charge is 0.329 e. The molecule has 21 heavy (non-hydrogen) atoms. The van der Waals surface area contributed by atoms with E-state index < -0.39 is 6.04 Å². The van der Waals surface area contributed by atoms with Crippen LogP contribution in [0.3, 0.4) is 0 Å². The average molecular weight is 292 g/mol. The van der Waals surface area contributed by atoms with Crippen LogP contribution in [0.2, 0.25) is 0 Å². The lowest BCUT2D eigenvalue weighted by Crippen LogP contribution is -2.39. The molecular weight excluding hydrogens is 272 g/mol. The third-order valence-corrected chi connectivity index (χ3v) is 3.27. The molecule has 0 saturated carbocycles. The molecule has 6 nitrogen and oxygen atoms in total. The quantitative estimate of drug-likeness (QED) is 0.793. The molecular formula is C15H20N2O4. The second-order valence-corrected chi connectivity index (χ2v) is 4.70. The normalized spacial score (nSPS) is 17.9. The third kappa shape index (κ3) is 3.52. The van der Waals surface area contributed by atoms with Crippen LogP contribution in [-0.4, -0.2) is 37.7 Å². The summed E-state index contributed by atoms with van der Waals surface area (Å²) < 4.78 is 10.4. The number of carbonyl (C=O) groups is 2. The van der Waals surface area contributed by atoms with Gasteiger partial charge in [0.2, 0.25) is 5.91 Å². The van der Waals surface area contributed by atoms with Gasteiger partial charge in [-0.1, -0.05) is 0 Å². The van der Waals surface area contributed by atoms with E-state index in [1.807, 2.05) is 0 Å². The summed E-state index contributed by atoms with van der Waals surface area (Å²) in [6, 6.07) is 6.52. The molecule has 1 fully saturated rings. The Bertz CT molecular complexity index is 501. The van der Waals surface area contributed by atoms with E-state index in [1.165, 1.54) is 4.90 Å². The predicted molar refractivity (Wildman–Crippen MR) is 78.1 cm³/mol. The van der Waals surface area contributed by atoms with E-state index >= 15 is 0 Å². The molecule has 1 aliphatic rings. The van der Waals surface area contributed by atoms with Gasteiger partial charge in [0.05, 0.1) is 6.61 Å². The maximum Gasteiger partial charge on any atom is 0.329 e. The van der Waals surface area contributed by atoms with Gasteiger partial charge in [0.1, 0.15) is 18.4 Å². The molecule has 0 aliphatic carbocycles. The number of nitrogens with zero attached hydrogens (tertiary/aromatic N) is 1. The van der Waals surface area contributed by atoms with E-state index in [2.05, 4.69) is 0 Å². The van der Waals surface area contributed by atoms with Crippen molar-refractivity contribution in [3.8, 4) is 5.75 Å². The summed E-state index contributed by atoms with van der Waals surface area (Å²) >= 11 is 0. The number of nitrogens with two attached hydrogens (primary N) is 1. The molecule has 114 valence electrons. The highest BCUT2D eigenvalue weighted by Gasteiger charge is 2.37. The van der Waals surface area contributed by atoms with Gasteiger partial charge in [-0.25, -0.2) is 4.79 Å². The van der Waals surface area contributed by atoms with Gasteiger partial charge in [-0.2, -0.15) is 0 Å². The van der Waals surface area contributed by atoms with Crippen LogP contribution in [0, 0.1) is 0 Å². The Morgan fingerprint density at radius 2 is 2.10 bits per heavy atom. The fourth-order valence-corrected chi connectivity index (χ4v) is 2.35. The molecule has 0 bridgehead atoms. The van der Waals surface area contributed by atoms with Gasteiger partial charge in [0.25, 0.3) is 0 Å². The van der Waals surface area contributed by atoms with Crippen LogP contribution in [0.5, 0.6) is 5.75 Å². The number of rotatable bonds is 6. The Morgan fingerprint density at radius 3 is 2.71 bits per heavy atom. The van der Waals surface area contributed by atoms with Gasteiger partial charge in [-0.05, 0) is 37.6 Å². The van der Waals surface area contributed by atoms with Crippen molar-refractivity contribution in [2.75, 3.05) is 24.7 Å². The van der Waals surface area contributed by atoms with E-state index in [4.69, 9.17) is 15.2 Å². The summed E-state index contributed by atoms with van der Waals surface area (Å²) in [7, 11) is 0. The lowest BCUT2D eigenvalue weighted by molar-refractivity contribution is -0.144. The molecule has 1 atom stereocenters. The first-order valence-electron chi connectivity index (χ1n) is 7.09. The second-order valence-electron chi connectivity index (χ2n) is 4.70. The molecule has 1 unspecified atom stereocenters. The highest BCUT2D eigenvalue weighted by atomic mass is 16.5. The zero-order chi connectivity index (χ0) is 15.2. The van der Waals surface area contributed by atoms with Gasteiger partial charge in [-0.3, -0.25) is 9.69 Å². The Hall–Kier alpha value is -2.08. The second kappa shape index (κ2) is 7.08. The number of amides is 1. The van der Waals surface area contributed by atoms with Crippen LogP contribution in [0.25, 0.3) is 0 Å². The topological polar surface area (TPSA) is 81.9 Å². The minimum Gasteiger partial charge on any atom is -0.492 e. The molecule has 2 rings (SSSR count). The van der Waals surface area contributed by atoms with E-state index in [9.17, 15) is 9.59 Å². The van der Waals surface area contributed by atoms with Crippen molar-refractivity contribution < 1.29 is 19.1 Å². The largest absolute Gasteiger partial charge is 0.492 e. The first-order chi connectivity index (χ1) is 10.2. The standard InChI is InChI=1S/C15H20N2O4/c1-2-20-15(19)13-7-8-14(18)17(13)11-3-5-12(6-4-11)21-10-9-16/h3-6,13H,2,7-10,16H2,1H3. The van der Waals surface area contributed by atoms with Crippen molar-refractivity contribution in [2.45, 2.75) is 25.8 Å². The predicted octanol–water partition coefficient (Wildman–Crippen LogP) is 1.08. The molecule has 0 aromatic heterocycles. The molecule has 6 heteroatoms. The van der Waals surface area contributed by atoms with Crippen molar-refractivity contribution in [2.24, 2.45) is 5.73 Å². The van der Waals surface area contributed by atoms with E-state index in [0.29, 0.717) is 44.0 Å². The summed E-state index contributed by atoms with van der Waals surface area (Å²) in [5, 5.41) is 0. The molecule has 1 aliphatic heterocycles. The van der Waals surface area contributed by atoms with Gasteiger partial charge in [0.15, 0.2) is 0 Å². The minimum absolute atomic E-state index is 0.0660. The highest BCUT2D eigenvalue weighted by Crippen LogP contribution is 2.28. The molecule has 0 spiro atoms. The average Bonchev–Trinajstić information content (AvgIpc) is 2.88. The van der Waals surface area contributed by atoms with Crippen LogP contribution in [0.4, 0.5) is 5.69 Å². The lowest BCUT2D eigenvalue weighted by Gasteiger charge is -2.23. The first-order valence-corrected chi connectivity index (χ1v) is 7.09. The maximum atomic E-state index is 12.0. The van der Waals surface area contributed by atoms with Crippen LogP contribution in [0.15, 0.2) is 24.3 Å². The zero-order valence-corrected chi connectivity index (χ0v) is 12.1. The molecule has 0 radical (unpaired) electrons. The number of hydrogen-bond donors (Lipinski definition) is 1. The number of carbonyl (C=O) groups excluding carboxylic acids is 2. The first kappa shape index (κ1) is 15.3. The van der Waals surface area contributed by atoms with Gasteiger partial charge < -0.3 is 15.2 Å². The van der Waals surface area contributed by atoms with Crippen LogP contribution in [-0.2, 0) is 14.3 Å². The molecule has 1 saturated heterocycles. The Balaban J connectivity index is 2.13. The van der Waals surface area contributed by atoms with E-state index in [0.717, 1.165) is 0 Å². The summed E-state index contributed by atoms with van der Waals surface area (Å²) in [4.78, 5) is 25.5. The molecule has 2 N–H and O–H groups in total. The van der Waals surface area contributed by atoms with Crippen molar-refractivity contribution in [1.82, 2.24) is 0 Å². The summed E-state index contributed by atoms with van der Waals surface area (Å²) in [6.45, 7) is 2.94. The fraction of sp³-hybridized carbons (Fsp3) is 0.467. The lowest BCUT2D eigenvalue weighted by atomic mass is 10.2. The van der Waals surface area contributed by atoms with Crippen LogP contribution in [0.1, 0.15) is 19.8 Å². The van der Waals surface area contributed by atoms with Gasteiger partial charge >= 0.3 is 5.97 Å². The SMILES string of the molecule is CCOC(=O)C1CCC(=O)N1c1ccc(OCCN)cc1. The fourth-order valence-electron chi connectivity index (χ4n) is 2.35. The van der Waals surface area contributed by atoms with E-state index in [1.54, 1.807) is 31.2 Å². The number of hydrogen-bond acceptors (Lipinski definition) is 5. The molecule has 1 heterocycles. The Labute approximate surface area is 123 Å². The highest BCUT2D eigenvalue weighted by molar-refractivity contribution is 6.02. The number of esters is 1. The van der Waals surface area contributed by atoms with Crippen molar-refractivity contribution in [1.29, 1.82) is 0 Å². The molecule has 1 amide bonds. The van der Waals surface area contributed by atoms with Crippen molar-refractivity contribution in [3.63, 3.8) is 0 Å². The summed E-state index contributed by atoms with van der Waals surface area (Å²) in [5.74, 6) is 0.263. The third-order valence-electron chi connectivity index (χ3n) is 3.27. The Kier molecular flexibility index (Phi) is 5.16. The monoisotopic (exact) mass is 292 g/mol. The summed E-state index contributed by atoms with van der Waals surface area (Å²) in [6.07, 6.45) is 0.845. The number of anilines is 1. The van der Waals surface area contributed by atoms with Crippen molar-refractivity contribution in [3.05, 3.63) is 24.3 Å². The van der Waals surface area contributed by atoms with Gasteiger partial charge in [0, 0.05) is 18.7 Å². The number of ether oxygens (including phenoxy) is 2. The van der Waals surface area contributed by atoms with E-state index in [-0.39, 0.29) is 11.9 Å². The van der Waals surface area contributed by atoms with Crippen molar-refractivity contribution >= 4 is 17.6 Å². The zero-order valence-electron chi connectivity index (χ0n) is 12.1. The maximum absolute atomic E-state index is 12.0. The minimum atomic E-state index is -0.534. The van der Waals surface area contributed by atoms with Gasteiger partial charge in [-0.15, -0.1) is 0 Å². The summed E-state index contributed by atoms with van der Waals surface area (Å²) in [5.41, 5.74) is 6.05. The molecule has 1 aromatic rings.